The summed E-state index contributed by atoms with van der Waals surface area (Å²) in [5, 5.41) is 6.98. The standard InChI is InChI=1S/C5H9NOS/c6-4-8(7)5-2-1-3-5/h4-6H,1-3H2. The molecule has 1 N–H and O–H groups in total. The quantitative estimate of drug-likeness (QED) is 0.439. The minimum absolute atomic E-state index is 0.326. The van der Waals surface area contributed by atoms with Gasteiger partial charge in [0.15, 0.2) is 0 Å². The predicted octanol–water partition coefficient (Wildman–Crippen LogP) is 0.895. The van der Waals surface area contributed by atoms with Crippen molar-refractivity contribution in [1.82, 2.24) is 0 Å². The van der Waals surface area contributed by atoms with Gasteiger partial charge in [-0.05, 0) is 12.8 Å². The summed E-state index contributed by atoms with van der Waals surface area (Å²) in [6.45, 7) is 0. The van der Waals surface area contributed by atoms with Crippen molar-refractivity contribution in [1.29, 1.82) is 5.41 Å². The Bertz CT molecular complexity index is 120. The maximum absolute atomic E-state index is 10.7. The average Bonchev–Trinajstić information content (AvgIpc) is 1.62. The third-order valence-electron chi connectivity index (χ3n) is 1.50. The van der Waals surface area contributed by atoms with Crippen LogP contribution in [0.4, 0.5) is 0 Å². The minimum Gasteiger partial charge on any atom is -0.299 e. The van der Waals surface area contributed by atoms with E-state index in [2.05, 4.69) is 0 Å². The maximum atomic E-state index is 10.7. The Morgan fingerprint density at radius 3 is 2.38 bits per heavy atom. The molecule has 0 heterocycles. The molecular weight excluding hydrogens is 122 g/mol. The van der Waals surface area contributed by atoms with Gasteiger partial charge in [0.25, 0.3) is 0 Å². The highest BCUT2D eigenvalue weighted by Gasteiger charge is 2.21. The molecule has 0 aromatic carbocycles. The fraction of sp³-hybridized carbons (Fsp3) is 0.800. The van der Waals surface area contributed by atoms with Gasteiger partial charge in [-0.1, -0.05) is 6.42 Å². The van der Waals surface area contributed by atoms with Crippen molar-refractivity contribution in [3.63, 3.8) is 0 Å². The van der Waals surface area contributed by atoms with Crippen LogP contribution in [0.1, 0.15) is 19.3 Å². The van der Waals surface area contributed by atoms with Crippen LogP contribution >= 0.6 is 0 Å². The summed E-state index contributed by atoms with van der Waals surface area (Å²) < 4.78 is 10.7. The van der Waals surface area contributed by atoms with E-state index in [4.69, 9.17) is 5.41 Å². The molecule has 1 rings (SSSR count). The fourth-order valence-electron chi connectivity index (χ4n) is 0.699. The molecule has 1 fully saturated rings. The zero-order valence-corrected chi connectivity index (χ0v) is 5.41. The Balaban J connectivity index is 2.34. The van der Waals surface area contributed by atoms with Gasteiger partial charge in [0, 0.05) is 5.25 Å². The molecule has 0 radical (unpaired) electrons. The van der Waals surface area contributed by atoms with Crippen LogP contribution in [0.25, 0.3) is 0 Å². The SMILES string of the molecule is N=CS(=O)C1CCC1. The van der Waals surface area contributed by atoms with E-state index in [9.17, 15) is 4.21 Å². The Labute approximate surface area is 51.3 Å². The van der Waals surface area contributed by atoms with E-state index in [0.717, 1.165) is 18.4 Å². The zero-order valence-electron chi connectivity index (χ0n) is 4.59. The monoisotopic (exact) mass is 131 g/mol. The number of rotatable bonds is 2. The molecule has 0 aromatic heterocycles. The molecule has 0 aliphatic heterocycles. The fourth-order valence-corrected chi connectivity index (χ4v) is 1.69. The van der Waals surface area contributed by atoms with E-state index in [1.165, 1.54) is 6.42 Å². The Hall–Kier alpha value is -0.180. The van der Waals surface area contributed by atoms with Gasteiger partial charge in [-0.15, -0.1) is 0 Å². The zero-order chi connectivity index (χ0) is 5.98. The molecule has 1 saturated carbocycles. The molecule has 2 nitrogen and oxygen atoms in total. The summed E-state index contributed by atoms with van der Waals surface area (Å²) in [6, 6.07) is 0. The Morgan fingerprint density at radius 2 is 2.25 bits per heavy atom. The van der Waals surface area contributed by atoms with Crippen molar-refractivity contribution in [2.24, 2.45) is 0 Å². The molecule has 1 atom stereocenters. The van der Waals surface area contributed by atoms with Crippen LogP contribution in [0.5, 0.6) is 0 Å². The van der Waals surface area contributed by atoms with Crippen molar-refractivity contribution in [2.45, 2.75) is 24.5 Å². The Kier molecular flexibility index (Phi) is 1.78. The van der Waals surface area contributed by atoms with Crippen LogP contribution in [0, 0.1) is 5.41 Å². The third kappa shape index (κ3) is 0.968. The first kappa shape index (κ1) is 5.95. The van der Waals surface area contributed by atoms with Gasteiger partial charge < -0.3 is 0 Å². The van der Waals surface area contributed by atoms with Crippen LogP contribution < -0.4 is 0 Å². The largest absolute Gasteiger partial charge is 0.299 e. The molecule has 0 saturated heterocycles. The van der Waals surface area contributed by atoms with Crippen molar-refractivity contribution in [3.8, 4) is 0 Å². The van der Waals surface area contributed by atoms with Crippen LogP contribution in [-0.4, -0.2) is 15.0 Å². The van der Waals surface area contributed by atoms with Crippen LogP contribution in [-0.2, 0) is 10.8 Å². The van der Waals surface area contributed by atoms with E-state index >= 15 is 0 Å². The second-order valence-electron chi connectivity index (χ2n) is 2.00. The summed E-state index contributed by atoms with van der Waals surface area (Å²) in [5.74, 6) is 0. The lowest BCUT2D eigenvalue weighted by atomic mass is 10.0. The number of nitrogens with one attached hydrogen (secondary N) is 1. The normalized spacial score (nSPS) is 24.0. The molecule has 0 spiro atoms. The van der Waals surface area contributed by atoms with E-state index in [1.807, 2.05) is 0 Å². The highest BCUT2D eigenvalue weighted by Crippen LogP contribution is 2.22. The van der Waals surface area contributed by atoms with Gasteiger partial charge in [0.1, 0.15) is 0 Å². The van der Waals surface area contributed by atoms with Gasteiger partial charge in [-0.2, -0.15) is 0 Å². The predicted molar refractivity (Wildman–Crippen MR) is 34.6 cm³/mol. The molecule has 0 bridgehead atoms. The van der Waals surface area contributed by atoms with Crippen molar-refractivity contribution >= 4 is 16.3 Å². The van der Waals surface area contributed by atoms with E-state index < -0.39 is 10.8 Å². The van der Waals surface area contributed by atoms with Gasteiger partial charge in [-0.3, -0.25) is 9.62 Å². The summed E-state index contributed by atoms with van der Waals surface area (Å²) in [7, 11) is -0.943. The molecule has 0 amide bonds. The van der Waals surface area contributed by atoms with Crippen molar-refractivity contribution in [3.05, 3.63) is 0 Å². The first-order valence-corrected chi connectivity index (χ1v) is 4.02. The molecule has 1 unspecified atom stereocenters. The van der Waals surface area contributed by atoms with Gasteiger partial charge >= 0.3 is 0 Å². The molecule has 8 heavy (non-hydrogen) atoms. The summed E-state index contributed by atoms with van der Waals surface area (Å²) in [4.78, 5) is 0. The lowest BCUT2D eigenvalue weighted by Gasteiger charge is -2.21. The number of hydrogen-bond acceptors (Lipinski definition) is 2. The summed E-state index contributed by atoms with van der Waals surface area (Å²) in [5.41, 5.74) is 1.05. The van der Waals surface area contributed by atoms with E-state index in [0.29, 0.717) is 5.25 Å². The molecule has 1 aliphatic rings. The first-order valence-electron chi connectivity index (χ1n) is 2.74. The summed E-state index contributed by atoms with van der Waals surface area (Å²) >= 11 is 0. The van der Waals surface area contributed by atoms with Crippen molar-refractivity contribution < 1.29 is 4.21 Å². The molecular formula is C5H9NOS. The van der Waals surface area contributed by atoms with Crippen LogP contribution in [0.15, 0.2) is 0 Å². The van der Waals surface area contributed by atoms with Crippen LogP contribution in [0.3, 0.4) is 0 Å². The molecule has 3 heteroatoms. The minimum atomic E-state index is -0.943. The average molecular weight is 131 g/mol. The molecule has 0 aromatic rings. The number of hydrogen-bond donors (Lipinski definition) is 1. The van der Waals surface area contributed by atoms with Gasteiger partial charge in [0.05, 0.1) is 16.3 Å². The van der Waals surface area contributed by atoms with Gasteiger partial charge in [0.2, 0.25) is 0 Å². The molecule has 1 aliphatic carbocycles. The Morgan fingerprint density at radius 1 is 1.62 bits per heavy atom. The highest BCUT2D eigenvalue weighted by molar-refractivity contribution is 7.99. The first-order chi connectivity index (χ1) is 3.84. The highest BCUT2D eigenvalue weighted by atomic mass is 32.2. The third-order valence-corrected chi connectivity index (χ3v) is 2.86. The topological polar surface area (TPSA) is 40.9 Å². The van der Waals surface area contributed by atoms with Crippen molar-refractivity contribution in [2.75, 3.05) is 0 Å². The summed E-state index contributed by atoms with van der Waals surface area (Å²) in [6.07, 6.45) is 3.31. The van der Waals surface area contributed by atoms with E-state index in [-0.39, 0.29) is 0 Å². The second-order valence-corrected chi connectivity index (χ2v) is 3.56. The lowest BCUT2D eigenvalue weighted by Crippen LogP contribution is -2.23. The second kappa shape index (κ2) is 2.40. The lowest BCUT2D eigenvalue weighted by molar-refractivity contribution is 0.508. The van der Waals surface area contributed by atoms with E-state index in [1.54, 1.807) is 0 Å². The van der Waals surface area contributed by atoms with Gasteiger partial charge in [-0.25, -0.2) is 0 Å². The maximum Gasteiger partial charge on any atom is 0.0821 e. The van der Waals surface area contributed by atoms with Crippen LogP contribution in [0.2, 0.25) is 0 Å². The smallest absolute Gasteiger partial charge is 0.0821 e. The molecule has 46 valence electrons.